The molecule has 0 fully saturated rings. The van der Waals surface area contributed by atoms with Crippen LogP contribution in [0.4, 0.5) is 5.69 Å². The number of thioether (sulfide) groups is 1. The highest BCUT2D eigenvalue weighted by atomic mass is 32.2. The summed E-state index contributed by atoms with van der Waals surface area (Å²) in [6.45, 7) is 0. The number of pyridine rings is 1. The van der Waals surface area contributed by atoms with Gasteiger partial charge in [0.15, 0.2) is 11.0 Å². The summed E-state index contributed by atoms with van der Waals surface area (Å²) in [6.07, 6.45) is 3.28. The summed E-state index contributed by atoms with van der Waals surface area (Å²) in [5.74, 6) is 0.853. The van der Waals surface area contributed by atoms with Crippen LogP contribution in [0.15, 0.2) is 90.3 Å². The predicted octanol–water partition coefficient (Wildman–Crippen LogP) is 4.06. The Hall–Kier alpha value is -3.45. The molecule has 7 heteroatoms. The predicted molar refractivity (Wildman–Crippen MR) is 110 cm³/mol. The van der Waals surface area contributed by atoms with Gasteiger partial charge in [-0.1, -0.05) is 60.3 Å². The van der Waals surface area contributed by atoms with Gasteiger partial charge in [-0.2, -0.15) is 0 Å². The molecule has 2 aromatic heterocycles. The van der Waals surface area contributed by atoms with Crippen molar-refractivity contribution < 1.29 is 4.79 Å². The van der Waals surface area contributed by atoms with Gasteiger partial charge in [0, 0.05) is 29.3 Å². The van der Waals surface area contributed by atoms with E-state index >= 15 is 0 Å². The largest absolute Gasteiger partial charge is 0.325 e. The van der Waals surface area contributed by atoms with Crippen molar-refractivity contribution in [2.75, 3.05) is 11.1 Å². The molecule has 0 saturated carbocycles. The Bertz CT molecular complexity index is 1050. The number of nitrogens with zero attached hydrogens (tertiary/aromatic N) is 4. The number of carbonyl (C=O) groups excluding carboxylic acids is 1. The third kappa shape index (κ3) is 4.10. The molecule has 28 heavy (non-hydrogen) atoms. The van der Waals surface area contributed by atoms with Crippen LogP contribution in [0.1, 0.15) is 0 Å². The number of carbonyl (C=O) groups is 1. The van der Waals surface area contributed by atoms with E-state index in [1.165, 1.54) is 11.8 Å². The van der Waals surface area contributed by atoms with E-state index in [0.29, 0.717) is 5.16 Å². The molecule has 2 heterocycles. The molecule has 4 aromatic rings. The van der Waals surface area contributed by atoms with Crippen molar-refractivity contribution in [2.24, 2.45) is 0 Å². The maximum atomic E-state index is 12.3. The van der Waals surface area contributed by atoms with E-state index in [4.69, 9.17) is 0 Å². The van der Waals surface area contributed by atoms with Gasteiger partial charge in [-0.15, -0.1) is 10.2 Å². The minimum atomic E-state index is -0.111. The van der Waals surface area contributed by atoms with Gasteiger partial charge < -0.3 is 5.32 Å². The van der Waals surface area contributed by atoms with E-state index in [-0.39, 0.29) is 11.7 Å². The van der Waals surface area contributed by atoms with Crippen LogP contribution in [0.5, 0.6) is 0 Å². The van der Waals surface area contributed by atoms with Gasteiger partial charge >= 0.3 is 0 Å². The Morgan fingerprint density at radius 2 is 1.57 bits per heavy atom. The van der Waals surface area contributed by atoms with E-state index in [0.717, 1.165) is 22.8 Å². The number of benzene rings is 2. The number of para-hydroxylation sites is 1. The van der Waals surface area contributed by atoms with Gasteiger partial charge in [-0.25, -0.2) is 0 Å². The molecule has 0 aliphatic carbocycles. The Morgan fingerprint density at radius 1 is 0.893 bits per heavy atom. The standard InChI is InChI=1S/C21H17N5OS/c27-19(23-17-11-13-22-14-12-17)15-28-21-25-24-20(16-7-3-1-4-8-16)26(21)18-9-5-2-6-10-18/h1-14H,15H2,(H,22,23,27). The Balaban J connectivity index is 1.59. The first-order valence-corrected chi connectivity index (χ1v) is 9.69. The highest BCUT2D eigenvalue weighted by molar-refractivity contribution is 7.99. The number of amides is 1. The lowest BCUT2D eigenvalue weighted by molar-refractivity contribution is -0.113. The molecule has 138 valence electrons. The highest BCUT2D eigenvalue weighted by Gasteiger charge is 2.17. The molecule has 6 nitrogen and oxygen atoms in total. The molecule has 1 amide bonds. The van der Waals surface area contributed by atoms with E-state index in [9.17, 15) is 4.79 Å². The first kappa shape index (κ1) is 17.9. The van der Waals surface area contributed by atoms with Crippen LogP contribution in [0, 0.1) is 0 Å². The zero-order valence-corrected chi connectivity index (χ0v) is 15.7. The van der Waals surface area contributed by atoms with E-state index in [2.05, 4.69) is 20.5 Å². The van der Waals surface area contributed by atoms with Crippen molar-refractivity contribution in [2.45, 2.75) is 5.16 Å². The fourth-order valence-electron chi connectivity index (χ4n) is 2.71. The van der Waals surface area contributed by atoms with Crippen molar-refractivity contribution in [1.29, 1.82) is 0 Å². The van der Waals surface area contributed by atoms with Crippen molar-refractivity contribution in [1.82, 2.24) is 19.7 Å². The molecule has 0 aliphatic heterocycles. The van der Waals surface area contributed by atoms with Crippen LogP contribution in [-0.4, -0.2) is 31.4 Å². The van der Waals surface area contributed by atoms with Crippen molar-refractivity contribution >= 4 is 23.4 Å². The zero-order chi connectivity index (χ0) is 19.2. The second kappa shape index (κ2) is 8.49. The van der Waals surface area contributed by atoms with Crippen LogP contribution in [0.25, 0.3) is 17.1 Å². The summed E-state index contributed by atoms with van der Waals surface area (Å²) in [5.41, 5.74) is 2.63. The fourth-order valence-corrected chi connectivity index (χ4v) is 3.46. The number of hydrogen-bond donors (Lipinski definition) is 1. The summed E-state index contributed by atoms with van der Waals surface area (Å²) in [5, 5.41) is 12.2. The first-order valence-electron chi connectivity index (χ1n) is 8.70. The molecule has 4 rings (SSSR count). The Morgan fingerprint density at radius 3 is 2.29 bits per heavy atom. The zero-order valence-electron chi connectivity index (χ0n) is 14.9. The fraction of sp³-hybridized carbons (Fsp3) is 0.0476. The maximum absolute atomic E-state index is 12.3. The molecule has 0 saturated heterocycles. The highest BCUT2D eigenvalue weighted by Crippen LogP contribution is 2.27. The van der Waals surface area contributed by atoms with Gasteiger partial charge in [0.2, 0.25) is 5.91 Å². The first-order chi connectivity index (χ1) is 13.8. The summed E-state index contributed by atoms with van der Waals surface area (Å²) in [4.78, 5) is 16.2. The monoisotopic (exact) mass is 387 g/mol. The van der Waals surface area contributed by atoms with Crippen LogP contribution in [-0.2, 0) is 4.79 Å². The molecule has 2 aromatic carbocycles. The number of hydrogen-bond acceptors (Lipinski definition) is 5. The van der Waals surface area contributed by atoms with E-state index in [1.54, 1.807) is 24.5 Å². The quantitative estimate of drug-likeness (QED) is 0.505. The maximum Gasteiger partial charge on any atom is 0.234 e. The van der Waals surface area contributed by atoms with E-state index < -0.39 is 0 Å². The third-order valence-electron chi connectivity index (χ3n) is 3.98. The smallest absolute Gasteiger partial charge is 0.234 e. The lowest BCUT2D eigenvalue weighted by Gasteiger charge is -2.10. The number of rotatable bonds is 6. The van der Waals surface area contributed by atoms with Crippen LogP contribution in [0.2, 0.25) is 0 Å². The van der Waals surface area contributed by atoms with Crippen molar-refractivity contribution in [3.63, 3.8) is 0 Å². The Kier molecular flexibility index (Phi) is 5.44. The van der Waals surface area contributed by atoms with Gasteiger partial charge in [-0.05, 0) is 24.3 Å². The molecular formula is C21H17N5OS. The second-order valence-electron chi connectivity index (χ2n) is 5.92. The molecule has 0 atom stereocenters. The Labute approximate surface area is 166 Å². The van der Waals surface area contributed by atoms with Crippen LogP contribution < -0.4 is 5.32 Å². The average Bonchev–Trinajstić information content (AvgIpc) is 3.18. The molecular weight excluding hydrogens is 370 g/mol. The topological polar surface area (TPSA) is 72.7 Å². The SMILES string of the molecule is O=C(CSc1nnc(-c2ccccc2)n1-c1ccccc1)Nc1ccncc1. The molecule has 0 radical (unpaired) electrons. The van der Waals surface area contributed by atoms with Gasteiger partial charge in [0.25, 0.3) is 0 Å². The average molecular weight is 387 g/mol. The normalized spacial score (nSPS) is 10.6. The van der Waals surface area contributed by atoms with Crippen LogP contribution in [0.3, 0.4) is 0 Å². The number of aromatic nitrogens is 4. The van der Waals surface area contributed by atoms with Crippen molar-refractivity contribution in [3.8, 4) is 17.1 Å². The number of anilines is 1. The minimum Gasteiger partial charge on any atom is -0.325 e. The number of nitrogens with one attached hydrogen (secondary N) is 1. The molecule has 0 unspecified atom stereocenters. The third-order valence-corrected chi connectivity index (χ3v) is 4.91. The summed E-state index contributed by atoms with van der Waals surface area (Å²) in [6, 6.07) is 23.3. The molecule has 0 bridgehead atoms. The molecule has 0 aliphatic rings. The van der Waals surface area contributed by atoms with Gasteiger partial charge in [-0.3, -0.25) is 14.3 Å². The lowest BCUT2D eigenvalue weighted by atomic mass is 10.2. The molecule has 1 N–H and O–H groups in total. The molecule has 0 spiro atoms. The van der Waals surface area contributed by atoms with Gasteiger partial charge in [0.1, 0.15) is 0 Å². The summed E-state index contributed by atoms with van der Waals surface area (Å²) >= 11 is 1.35. The van der Waals surface area contributed by atoms with Crippen molar-refractivity contribution in [3.05, 3.63) is 85.2 Å². The second-order valence-corrected chi connectivity index (χ2v) is 6.86. The summed E-state index contributed by atoms with van der Waals surface area (Å²) < 4.78 is 1.97. The lowest BCUT2D eigenvalue weighted by Crippen LogP contribution is -2.14. The summed E-state index contributed by atoms with van der Waals surface area (Å²) in [7, 11) is 0. The van der Waals surface area contributed by atoms with E-state index in [1.807, 2.05) is 65.2 Å². The van der Waals surface area contributed by atoms with Crippen LogP contribution >= 0.6 is 11.8 Å². The minimum absolute atomic E-state index is 0.111. The van der Waals surface area contributed by atoms with Gasteiger partial charge in [0.05, 0.1) is 5.75 Å².